The van der Waals surface area contributed by atoms with Crippen molar-refractivity contribution in [2.75, 3.05) is 0 Å². The van der Waals surface area contributed by atoms with Gasteiger partial charge >= 0.3 is 0 Å². The van der Waals surface area contributed by atoms with Crippen molar-refractivity contribution in [3.8, 4) is 0 Å². The lowest BCUT2D eigenvalue weighted by molar-refractivity contribution is 0.989. The molecule has 1 rings (SSSR count). The van der Waals surface area contributed by atoms with Crippen molar-refractivity contribution in [3.05, 3.63) is 12.3 Å². The normalized spacial score (nSPS) is 23.7. The predicted molar refractivity (Wildman–Crippen MR) is 28.4 cm³/mol. The van der Waals surface area contributed by atoms with Crippen LogP contribution in [0.1, 0.15) is 0 Å². The van der Waals surface area contributed by atoms with Gasteiger partial charge in [-0.3, -0.25) is 0 Å². The van der Waals surface area contributed by atoms with Gasteiger partial charge in [0.25, 0.3) is 0 Å². The van der Waals surface area contributed by atoms with E-state index in [2.05, 4.69) is 10.2 Å². The van der Waals surface area contributed by atoms with Crippen molar-refractivity contribution in [2.45, 2.75) is 4.46 Å². The molecule has 0 spiro atoms. The summed E-state index contributed by atoms with van der Waals surface area (Å²) >= 11 is 10.8. The molecule has 0 radical (unpaired) electrons. The minimum Gasteiger partial charge on any atom is -0.161 e. The van der Waals surface area contributed by atoms with Crippen LogP contribution < -0.4 is 0 Å². The Morgan fingerprint density at radius 2 is 2.14 bits per heavy atom. The van der Waals surface area contributed by atoms with Crippen LogP contribution >= 0.6 is 23.2 Å². The molecule has 1 aliphatic rings. The summed E-state index contributed by atoms with van der Waals surface area (Å²) in [5, 5.41) is 6.83. The summed E-state index contributed by atoms with van der Waals surface area (Å²) in [5.41, 5.74) is 0. The van der Waals surface area contributed by atoms with E-state index in [4.69, 9.17) is 23.2 Å². The van der Waals surface area contributed by atoms with E-state index in [1.165, 1.54) is 12.3 Å². The molecule has 0 aromatic heterocycles. The first kappa shape index (κ1) is 5.06. The summed E-state index contributed by atoms with van der Waals surface area (Å²) in [6.45, 7) is 0. The molecule has 38 valence electrons. The van der Waals surface area contributed by atoms with Gasteiger partial charge in [0, 0.05) is 0 Å². The lowest BCUT2D eigenvalue weighted by Gasteiger charge is -1.97. The Kier molecular flexibility index (Phi) is 1.05. The van der Waals surface area contributed by atoms with E-state index < -0.39 is 4.46 Å². The van der Waals surface area contributed by atoms with Crippen LogP contribution in [0.25, 0.3) is 0 Å². The lowest BCUT2D eigenvalue weighted by atomic mass is 10.6. The van der Waals surface area contributed by atoms with Crippen LogP contribution in [0.5, 0.6) is 0 Å². The highest BCUT2D eigenvalue weighted by molar-refractivity contribution is 6.49. The monoisotopic (exact) mass is 136 g/mol. The number of rotatable bonds is 0. The Morgan fingerprint density at radius 3 is 2.29 bits per heavy atom. The average molecular weight is 137 g/mol. The minimum absolute atomic E-state index is 1.08. The Hall–Kier alpha value is -0.0800. The standard InChI is InChI=1S/C3H2Cl2N2/c4-3(5)1-2-6-7-3/h1-2H. The molecule has 1 heterocycles. The van der Waals surface area contributed by atoms with Crippen LogP contribution in [0.15, 0.2) is 22.5 Å². The van der Waals surface area contributed by atoms with Crippen molar-refractivity contribution < 1.29 is 0 Å². The number of hydrogen-bond donors (Lipinski definition) is 0. The van der Waals surface area contributed by atoms with E-state index in [9.17, 15) is 0 Å². The molecule has 7 heavy (non-hydrogen) atoms. The maximum absolute atomic E-state index is 5.39. The molecule has 0 aromatic rings. The number of halogens is 2. The molecule has 0 aliphatic carbocycles. The highest BCUT2D eigenvalue weighted by Crippen LogP contribution is 2.28. The van der Waals surface area contributed by atoms with Gasteiger partial charge in [0.05, 0.1) is 6.20 Å². The van der Waals surface area contributed by atoms with E-state index >= 15 is 0 Å². The van der Waals surface area contributed by atoms with Gasteiger partial charge in [0.1, 0.15) is 0 Å². The molecule has 0 N–H and O–H groups in total. The van der Waals surface area contributed by atoms with Crippen molar-refractivity contribution in [3.63, 3.8) is 0 Å². The quantitative estimate of drug-likeness (QED) is 0.360. The first-order chi connectivity index (χ1) is 3.21. The van der Waals surface area contributed by atoms with Crippen LogP contribution in [-0.4, -0.2) is 4.46 Å². The van der Waals surface area contributed by atoms with Gasteiger partial charge in [-0.15, -0.1) is 5.11 Å². The zero-order chi connectivity index (χ0) is 5.33. The zero-order valence-electron chi connectivity index (χ0n) is 3.31. The molecule has 2 nitrogen and oxygen atoms in total. The second kappa shape index (κ2) is 1.46. The summed E-state index contributed by atoms with van der Waals surface area (Å²) in [6.07, 6.45) is 2.95. The summed E-state index contributed by atoms with van der Waals surface area (Å²) in [5.74, 6) is 0. The van der Waals surface area contributed by atoms with Crippen molar-refractivity contribution in [1.82, 2.24) is 0 Å². The third-order valence-electron chi connectivity index (χ3n) is 0.533. The van der Waals surface area contributed by atoms with Crippen molar-refractivity contribution in [2.24, 2.45) is 10.2 Å². The van der Waals surface area contributed by atoms with E-state index in [1.54, 1.807) is 0 Å². The number of nitrogens with zero attached hydrogens (tertiary/aromatic N) is 2. The van der Waals surface area contributed by atoms with E-state index in [1.807, 2.05) is 0 Å². The van der Waals surface area contributed by atoms with Gasteiger partial charge in [-0.2, -0.15) is 5.11 Å². The van der Waals surface area contributed by atoms with Crippen LogP contribution in [0.3, 0.4) is 0 Å². The maximum Gasteiger partial charge on any atom is 0.248 e. The molecular formula is C3H2Cl2N2. The fourth-order valence-corrected chi connectivity index (χ4v) is 0.467. The molecule has 0 saturated carbocycles. The number of hydrogen-bond acceptors (Lipinski definition) is 2. The second-order valence-corrected chi connectivity index (χ2v) is 2.46. The third kappa shape index (κ3) is 1.14. The fourth-order valence-electron chi connectivity index (χ4n) is 0.267. The van der Waals surface area contributed by atoms with E-state index in [-0.39, 0.29) is 0 Å². The minimum atomic E-state index is -1.08. The maximum atomic E-state index is 5.39. The van der Waals surface area contributed by atoms with Crippen LogP contribution in [0, 0.1) is 0 Å². The molecule has 0 fully saturated rings. The van der Waals surface area contributed by atoms with Gasteiger partial charge in [-0.05, 0) is 6.08 Å². The van der Waals surface area contributed by atoms with Gasteiger partial charge in [-0.25, -0.2) is 0 Å². The SMILES string of the molecule is ClC1(Cl)C=CN=N1. The molecule has 0 aromatic carbocycles. The Balaban J connectivity index is 2.77. The van der Waals surface area contributed by atoms with Gasteiger partial charge in [0.15, 0.2) is 0 Å². The summed E-state index contributed by atoms with van der Waals surface area (Å²) < 4.78 is -1.08. The molecule has 0 atom stereocenters. The van der Waals surface area contributed by atoms with Crippen molar-refractivity contribution in [1.29, 1.82) is 0 Å². The smallest absolute Gasteiger partial charge is 0.161 e. The Morgan fingerprint density at radius 1 is 1.43 bits per heavy atom. The molecule has 4 heteroatoms. The van der Waals surface area contributed by atoms with Crippen LogP contribution in [0.4, 0.5) is 0 Å². The molecule has 0 saturated heterocycles. The zero-order valence-corrected chi connectivity index (χ0v) is 4.82. The molecule has 1 aliphatic heterocycles. The molecular weight excluding hydrogens is 135 g/mol. The van der Waals surface area contributed by atoms with Gasteiger partial charge in [0.2, 0.25) is 4.46 Å². The molecule has 0 amide bonds. The van der Waals surface area contributed by atoms with Crippen LogP contribution in [-0.2, 0) is 0 Å². The third-order valence-corrected chi connectivity index (χ3v) is 0.936. The topological polar surface area (TPSA) is 24.7 Å². The van der Waals surface area contributed by atoms with Crippen LogP contribution in [0.2, 0.25) is 0 Å². The molecule has 0 bridgehead atoms. The Bertz CT molecular complexity index is 113. The van der Waals surface area contributed by atoms with E-state index in [0.717, 1.165) is 0 Å². The molecule has 0 unspecified atom stereocenters. The highest BCUT2D eigenvalue weighted by atomic mass is 35.5. The number of alkyl halides is 2. The second-order valence-electron chi connectivity index (χ2n) is 1.12. The first-order valence-electron chi connectivity index (χ1n) is 1.68. The van der Waals surface area contributed by atoms with Crippen molar-refractivity contribution >= 4 is 23.2 Å². The average Bonchev–Trinajstić information content (AvgIpc) is 1.84. The highest BCUT2D eigenvalue weighted by Gasteiger charge is 2.20. The fraction of sp³-hybridized carbons (Fsp3) is 0.333. The predicted octanol–water partition coefficient (Wildman–Crippen LogP) is 2.10. The Labute approximate surface area is 50.8 Å². The largest absolute Gasteiger partial charge is 0.248 e. The van der Waals surface area contributed by atoms with Gasteiger partial charge in [-0.1, -0.05) is 23.2 Å². The van der Waals surface area contributed by atoms with Gasteiger partial charge < -0.3 is 0 Å². The summed E-state index contributed by atoms with van der Waals surface area (Å²) in [7, 11) is 0. The first-order valence-corrected chi connectivity index (χ1v) is 2.44. The summed E-state index contributed by atoms with van der Waals surface area (Å²) in [4.78, 5) is 0. The number of azo groups is 1. The summed E-state index contributed by atoms with van der Waals surface area (Å²) in [6, 6.07) is 0. The lowest BCUT2D eigenvalue weighted by Crippen LogP contribution is -1.97. The van der Waals surface area contributed by atoms with E-state index in [0.29, 0.717) is 0 Å².